The first-order chi connectivity index (χ1) is 13.4. The molecule has 0 amide bonds. The van der Waals surface area contributed by atoms with E-state index in [-0.39, 0.29) is 5.44 Å². The summed E-state index contributed by atoms with van der Waals surface area (Å²) in [6.45, 7) is 6.88. The van der Waals surface area contributed by atoms with Crippen LogP contribution >= 0.6 is 11.8 Å². The van der Waals surface area contributed by atoms with E-state index < -0.39 is 23.8 Å². The number of rotatable bonds is 5. The molecule has 0 aromatic heterocycles. The lowest BCUT2D eigenvalue weighted by molar-refractivity contribution is -0.568. The molecule has 4 heterocycles. The number of thioether (sulfide) groups is 1. The van der Waals surface area contributed by atoms with Gasteiger partial charge < -0.3 is 18.9 Å². The molecule has 0 radical (unpaired) electrons. The zero-order valence-corrected chi connectivity index (χ0v) is 18.0. The van der Waals surface area contributed by atoms with Crippen LogP contribution in [0.3, 0.4) is 0 Å². The van der Waals surface area contributed by atoms with E-state index in [4.69, 9.17) is 24.0 Å². The summed E-state index contributed by atoms with van der Waals surface area (Å²) >= 11 is 1.76. The Morgan fingerprint density at radius 2 is 2.00 bits per heavy atom. The van der Waals surface area contributed by atoms with Gasteiger partial charge in [-0.1, -0.05) is 13.8 Å². The Labute approximate surface area is 171 Å². The molecule has 8 atom stereocenters. The van der Waals surface area contributed by atoms with E-state index in [0.717, 1.165) is 31.4 Å². The van der Waals surface area contributed by atoms with Crippen molar-refractivity contribution in [3.05, 3.63) is 0 Å². The number of carbonyl (C=O) groups is 1. The highest BCUT2D eigenvalue weighted by atomic mass is 32.2. The van der Waals surface area contributed by atoms with E-state index in [1.165, 1.54) is 13.5 Å². The second kappa shape index (κ2) is 7.95. The van der Waals surface area contributed by atoms with Gasteiger partial charge in [-0.25, -0.2) is 14.6 Å². The molecule has 2 bridgehead atoms. The first-order valence-electron chi connectivity index (χ1n) is 10.4. The summed E-state index contributed by atoms with van der Waals surface area (Å²) < 4.78 is 22.3. The molecular formula is C20H32O7S. The van der Waals surface area contributed by atoms with Gasteiger partial charge in [-0.3, -0.25) is 0 Å². The standard InChI is InChI=1S/C20H32O7S/c1-12-6-7-15-13(2)16(28-11-5-10-23-18(21)22-4)24-17-20(15)14(12)8-9-19(3,25-17)26-27-20/h12-17H,5-11H2,1-4H3/t12-,13-,14+,15+,16+,17-,19?,20-/m1/s1. The van der Waals surface area contributed by atoms with Gasteiger partial charge in [0, 0.05) is 12.3 Å². The highest BCUT2D eigenvalue weighted by molar-refractivity contribution is 7.99. The van der Waals surface area contributed by atoms with Gasteiger partial charge in [0.05, 0.1) is 13.7 Å². The molecular weight excluding hydrogens is 384 g/mol. The second-order valence-electron chi connectivity index (χ2n) is 8.80. The minimum atomic E-state index is -0.734. The van der Waals surface area contributed by atoms with Crippen LogP contribution in [-0.2, 0) is 28.7 Å². The fourth-order valence-corrected chi connectivity index (χ4v) is 6.72. The fraction of sp³-hybridized carbons (Fsp3) is 0.950. The second-order valence-corrected chi connectivity index (χ2v) is 10.0. The molecule has 1 saturated carbocycles. The summed E-state index contributed by atoms with van der Waals surface area (Å²) in [6.07, 6.45) is 3.90. The summed E-state index contributed by atoms with van der Waals surface area (Å²) in [5, 5.41) is 0. The van der Waals surface area contributed by atoms with Crippen molar-refractivity contribution < 1.29 is 33.5 Å². The third kappa shape index (κ3) is 3.45. The van der Waals surface area contributed by atoms with Crippen molar-refractivity contribution in [1.82, 2.24) is 0 Å². The average Bonchev–Trinajstić information content (AvgIpc) is 2.91. The Balaban J connectivity index is 1.45. The minimum absolute atomic E-state index is 0.0272. The fourth-order valence-electron chi connectivity index (χ4n) is 5.54. The van der Waals surface area contributed by atoms with Crippen LogP contribution in [0.5, 0.6) is 0 Å². The summed E-state index contributed by atoms with van der Waals surface area (Å²) in [7, 11) is 1.31. The van der Waals surface area contributed by atoms with Crippen LogP contribution in [-0.4, -0.2) is 48.7 Å². The molecule has 0 N–H and O–H groups in total. The molecule has 4 aliphatic heterocycles. The first kappa shape index (κ1) is 20.7. The van der Waals surface area contributed by atoms with Crippen LogP contribution in [0.2, 0.25) is 0 Å². The normalized spacial score (nSPS) is 47.1. The molecule has 0 aromatic carbocycles. The maximum absolute atomic E-state index is 11.0. The quantitative estimate of drug-likeness (QED) is 0.377. The van der Waals surface area contributed by atoms with Gasteiger partial charge in [-0.2, -0.15) is 0 Å². The third-order valence-electron chi connectivity index (χ3n) is 7.05. The van der Waals surface area contributed by atoms with Gasteiger partial charge in [0.25, 0.3) is 0 Å². The van der Waals surface area contributed by atoms with Gasteiger partial charge in [0.1, 0.15) is 5.44 Å². The molecule has 7 nitrogen and oxygen atoms in total. The Bertz CT molecular complexity index is 589. The minimum Gasteiger partial charge on any atom is -0.438 e. The van der Waals surface area contributed by atoms with E-state index in [1.807, 2.05) is 6.92 Å². The molecule has 5 rings (SSSR count). The van der Waals surface area contributed by atoms with Gasteiger partial charge in [0.15, 0.2) is 11.9 Å². The monoisotopic (exact) mass is 416 g/mol. The average molecular weight is 417 g/mol. The van der Waals surface area contributed by atoms with Gasteiger partial charge in [-0.15, -0.1) is 11.8 Å². The van der Waals surface area contributed by atoms with Gasteiger partial charge in [-0.05, 0) is 56.1 Å². The van der Waals surface area contributed by atoms with Crippen molar-refractivity contribution in [2.45, 2.75) is 76.0 Å². The van der Waals surface area contributed by atoms with E-state index >= 15 is 0 Å². The lowest BCUT2D eigenvalue weighted by Gasteiger charge is -2.60. The maximum Gasteiger partial charge on any atom is 0.507 e. The Morgan fingerprint density at radius 3 is 2.79 bits per heavy atom. The van der Waals surface area contributed by atoms with Crippen LogP contribution in [0.1, 0.15) is 52.9 Å². The van der Waals surface area contributed by atoms with E-state index in [2.05, 4.69) is 18.6 Å². The molecule has 1 aliphatic carbocycles. The number of hydrogen-bond acceptors (Lipinski definition) is 8. The molecule has 0 aromatic rings. The van der Waals surface area contributed by atoms with Crippen molar-refractivity contribution in [3.63, 3.8) is 0 Å². The number of fused-ring (bicyclic) bond motifs is 2. The zero-order chi connectivity index (χ0) is 19.9. The van der Waals surface area contributed by atoms with Crippen LogP contribution in [0.25, 0.3) is 0 Å². The van der Waals surface area contributed by atoms with Crippen molar-refractivity contribution in [2.24, 2.45) is 23.7 Å². The van der Waals surface area contributed by atoms with Crippen LogP contribution in [0, 0.1) is 23.7 Å². The largest absolute Gasteiger partial charge is 0.507 e. The maximum atomic E-state index is 11.0. The molecule has 160 valence electrons. The van der Waals surface area contributed by atoms with Crippen molar-refractivity contribution >= 4 is 17.9 Å². The molecule has 4 saturated heterocycles. The van der Waals surface area contributed by atoms with Crippen molar-refractivity contribution in [2.75, 3.05) is 19.5 Å². The zero-order valence-electron chi connectivity index (χ0n) is 17.2. The van der Waals surface area contributed by atoms with E-state index in [1.54, 1.807) is 11.8 Å². The molecule has 28 heavy (non-hydrogen) atoms. The third-order valence-corrected chi connectivity index (χ3v) is 8.45. The van der Waals surface area contributed by atoms with Gasteiger partial charge in [0.2, 0.25) is 5.79 Å². The van der Waals surface area contributed by atoms with Crippen molar-refractivity contribution in [3.8, 4) is 0 Å². The number of methoxy groups -OCH3 is 1. The Morgan fingerprint density at radius 1 is 1.18 bits per heavy atom. The predicted octanol–water partition coefficient (Wildman–Crippen LogP) is 4.10. The number of carbonyl (C=O) groups excluding carboxylic acids is 1. The summed E-state index contributed by atoms with van der Waals surface area (Å²) in [6, 6.07) is 0. The molecule has 1 spiro atoms. The SMILES string of the molecule is COC(=O)OCCCS[C@@H]1O[C@@H]2OC3(C)CC[C@H]4[C@H](C)CC[C@@H]([C@H]1C)[C@@]24OO3. The lowest BCUT2D eigenvalue weighted by atomic mass is 9.58. The smallest absolute Gasteiger partial charge is 0.438 e. The van der Waals surface area contributed by atoms with Crippen LogP contribution in [0.15, 0.2) is 0 Å². The highest BCUT2D eigenvalue weighted by Crippen LogP contribution is 2.61. The summed E-state index contributed by atoms with van der Waals surface area (Å²) in [4.78, 5) is 23.0. The Kier molecular flexibility index (Phi) is 5.88. The first-order valence-corrected chi connectivity index (χ1v) is 11.5. The summed E-state index contributed by atoms with van der Waals surface area (Å²) in [5.74, 6) is 1.74. The van der Waals surface area contributed by atoms with Gasteiger partial charge >= 0.3 is 6.16 Å². The topological polar surface area (TPSA) is 72.5 Å². The number of hydrogen-bond donors (Lipinski definition) is 0. The van der Waals surface area contributed by atoms with Crippen molar-refractivity contribution in [1.29, 1.82) is 0 Å². The van der Waals surface area contributed by atoms with Crippen LogP contribution < -0.4 is 0 Å². The summed E-state index contributed by atoms with van der Waals surface area (Å²) in [5.41, 5.74) is -0.475. The highest BCUT2D eigenvalue weighted by Gasteiger charge is 2.69. The molecule has 5 fully saturated rings. The lowest BCUT2D eigenvalue weighted by Crippen LogP contribution is -2.70. The molecule has 8 heteroatoms. The van der Waals surface area contributed by atoms with E-state index in [9.17, 15) is 4.79 Å². The molecule has 1 unspecified atom stereocenters. The van der Waals surface area contributed by atoms with E-state index in [0.29, 0.717) is 30.3 Å². The molecule has 5 aliphatic rings. The number of ether oxygens (including phenoxy) is 4. The Hall–Kier alpha value is -0.540. The van der Waals surface area contributed by atoms with Crippen LogP contribution in [0.4, 0.5) is 4.79 Å². The predicted molar refractivity (Wildman–Crippen MR) is 102 cm³/mol.